The van der Waals surface area contributed by atoms with Crippen LogP contribution in [-0.2, 0) is 0 Å². The molecule has 0 aliphatic rings. The minimum atomic E-state index is -4.15. The van der Waals surface area contributed by atoms with Gasteiger partial charge in [0.25, 0.3) is 0 Å². The Morgan fingerprint density at radius 1 is 1.64 bits per heavy atom. The van der Waals surface area contributed by atoms with E-state index in [1.807, 2.05) is 0 Å². The quantitative estimate of drug-likeness (QED) is 0.667. The van der Waals surface area contributed by atoms with Crippen molar-refractivity contribution in [2.45, 2.75) is 25.6 Å². The molecule has 1 atom stereocenters. The molecular formula is C6H11F3N2. The zero-order valence-corrected chi connectivity index (χ0v) is 6.20. The Morgan fingerprint density at radius 3 is 2.36 bits per heavy atom. The first-order valence-electron chi connectivity index (χ1n) is 3.09. The lowest BCUT2D eigenvalue weighted by molar-refractivity contribution is -0.138. The van der Waals surface area contributed by atoms with Crippen LogP contribution >= 0.6 is 0 Å². The van der Waals surface area contributed by atoms with Crippen LogP contribution in [0.2, 0.25) is 0 Å². The molecule has 11 heavy (non-hydrogen) atoms. The van der Waals surface area contributed by atoms with Crippen molar-refractivity contribution in [1.29, 1.82) is 0 Å². The highest BCUT2D eigenvalue weighted by Gasteiger charge is 2.29. The summed E-state index contributed by atoms with van der Waals surface area (Å²) in [5.74, 6) is 0.0572. The van der Waals surface area contributed by atoms with Crippen molar-refractivity contribution in [3.63, 3.8) is 0 Å². The first kappa shape index (κ1) is 10.1. The standard InChI is InChI=1S/C6H11F3N2/c1-4(11-5(2)10)3-6(7,8)9/h4,11H,2-3,10H2,1H3/t4-/m0/s1. The molecule has 0 saturated carbocycles. The number of hydrogen-bond donors (Lipinski definition) is 2. The van der Waals surface area contributed by atoms with E-state index in [2.05, 4.69) is 11.9 Å². The summed E-state index contributed by atoms with van der Waals surface area (Å²) in [6.07, 6.45) is -5.05. The highest BCUT2D eigenvalue weighted by atomic mass is 19.4. The van der Waals surface area contributed by atoms with Crippen molar-refractivity contribution in [1.82, 2.24) is 5.32 Å². The second kappa shape index (κ2) is 3.50. The monoisotopic (exact) mass is 168 g/mol. The number of rotatable bonds is 3. The molecule has 0 spiro atoms. The van der Waals surface area contributed by atoms with Crippen LogP contribution in [0, 0.1) is 0 Å². The van der Waals surface area contributed by atoms with Crippen LogP contribution in [0.25, 0.3) is 0 Å². The second-order valence-corrected chi connectivity index (χ2v) is 2.39. The molecule has 5 heteroatoms. The van der Waals surface area contributed by atoms with E-state index in [4.69, 9.17) is 5.73 Å². The van der Waals surface area contributed by atoms with Crippen LogP contribution in [0.1, 0.15) is 13.3 Å². The van der Waals surface area contributed by atoms with Gasteiger partial charge in [-0.25, -0.2) is 0 Å². The van der Waals surface area contributed by atoms with Gasteiger partial charge in [0.1, 0.15) is 0 Å². The summed E-state index contributed by atoms with van der Waals surface area (Å²) in [5, 5.41) is 2.36. The molecule has 0 aromatic carbocycles. The van der Waals surface area contributed by atoms with Crippen molar-refractivity contribution in [2.24, 2.45) is 5.73 Å². The second-order valence-electron chi connectivity index (χ2n) is 2.39. The normalized spacial score (nSPS) is 14.2. The molecule has 0 radical (unpaired) electrons. The Bertz CT molecular complexity index is 141. The minimum absolute atomic E-state index is 0.0572. The molecule has 0 rings (SSSR count). The average Bonchev–Trinajstić information content (AvgIpc) is 1.53. The molecule has 0 bridgehead atoms. The maximum Gasteiger partial charge on any atom is 0.391 e. The van der Waals surface area contributed by atoms with Gasteiger partial charge in [-0.2, -0.15) is 13.2 Å². The van der Waals surface area contributed by atoms with Gasteiger partial charge in [-0.05, 0) is 6.92 Å². The Hall–Kier alpha value is -0.870. The highest BCUT2D eigenvalue weighted by molar-refractivity contribution is 4.85. The molecule has 0 amide bonds. The van der Waals surface area contributed by atoms with E-state index in [9.17, 15) is 13.2 Å². The van der Waals surface area contributed by atoms with Crippen LogP contribution in [0.5, 0.6) is 0 Å². The molecular weight excluding hydrogens is 157 g/mol. The number of alkyl halides is 3. The Kier molecular flexibility index (Phi) is 3.22. The van der Waals surface area contributed by atoms with Gasteiger partial charge >= 0.3 is 6.18 Å². The molecule has 0 aromatic rings. The lowest BCUT2D eigenvalue weighted by Gasteiger charge is -2.15. The van der Waals surface area contributed by atoms with Crippen molar-refractivity contribution in [3.05, 3.63) is 12.4 Å². The van der Waals surface area contributed by atoms with Crippen LogP contribution in [-0.4, -0.2) is 12.2 Å². The third kappa shape index (κ3) is 7.02. The van der Waals surface area contributed by atoms with Crippen molar-refractivity contribution < 1.29 is 13.2 Å². The van der Waals surface area contributed by atoms with E-state index in [0.29, 0.717) is 0 Å². The molecule has 0 aliphatic heterocycles. The largest absolute Gasteiger partial charge is 0.391 e. The molecule has 66 valence electrons. The van der Waals surface area contributed by atoms with E-state index in [1.54, 1.807) is 0 Å². The van der Waals surface area contributed by atoms with E-state index >= 15 is 0 Å². The van der Waals surface area contributed by atoms with Crippen molar-refractivity contribution in [2.75, 3.05) is 0 Å². The summed E-state index contributed by atoms with van der Waals surface area (Å²) in [7, 11) is 0. The average molecular weight is 168 g/mol. The summed E-state index contributed by atoms with van der Waals surface area (Å²) >= 11 is 0. The zero-order valence-electron chi connectivity index (χ0n) is 6.20. The summed E-state index contributed by atoms with van der Waals surface area (Å²) in [6, 6.07) is -0.715. The van der Waals surface area contributed by atoms with Crippen LogP contribution in [0.4, 0.5) is 13.2 Å². The highest BCUT2D eigenvalue weighted by Crippen LogP contribution is 2.21. The van der Waals surface area contributed by atoms with Gasteiger partial charge in [0.05, 0.1) is 12.2 Å². The first-order valence-corrected chi connectivity index (χ1v) is 3.09. The van der Waals surface area contributed by atoms with E-state index < -0.39 is 18.6 Å². The van der Waals surface area contributed by atoms with E-state index in [1.165, 1.54) is 6.92 Å². The fraction of sp³-hybridized carbons (Fsp3) is 0.667. The summed E-state index contributed by atoms with van der Waals surface area (Å²) in [6.45, 7) is 4.62. The fourth-order valence-electron chi connectivity index (χ4n) is 0.715. The van der Waals surface area contributed by atoms with Crippen molar-refractivity contribution in [3.8, 4) is 0 Å². The van der Waals surface area contributed by atoms with E-state index in [0.717, 1.165) is 0 Å². The van der Waals surface area contributed by atoms with Crippen LogP contribution in [0.15, 0.2) is 12.4 Å². The minimum Gasteiger partial charge on any atom is -0.386 e. The number of nitrogens with two attached hydrogens (primary N) is 1. The summed E-state index contributed by atoms with van der Waals surface area (Å²) in [5.41, 5.74) is 5.04. The predicted octanol–water partition coefficient (Wildman–Crippen LogP) is 1.35. The SMILES string of the molecule is C=C(N)N[C@@H](C)CC(F)(F)F. The molecule has 0 saturated heterocycles. The van der Waals surface area contributed by atoms with Gasteiger partial charge < -0.3 is 11.1 Å². The molecule has 2 nitrogen and oxygen atoms in total. The third-order valence-electron chi connectivity index (χ3n) is 0.969. The fourth-order valence-corrected chi connectivity index (χ4v) is 0.715. The van der Waals surface area contributed by atoms with Crippen molar-refractivity contribution >= 4 is 0 Å². The molecule has 0 aromatic heterocycles. The molecule has 0 aliphatic carbocycles. The predicted molar refractivity (Wildman–Crippen MR) is 36.6 cm³/mol. The zero-order chi connectivity index (χ0) is 9.07. The maximum atomic E-state index is 11.6. The molecule has 0 unspecified atom stereocenters. The van der Waals surface area contributed by atoms with Gasteiger partial charge in [0.15, 0.2) is 0 Å². The number of halogens is 3. The Labute approximate surface area is 63.3 Å². The molecule has 0 heterocycles. The molecule has 0 fully saturated rings. The topological polar surface area (TPSA) is 38.0 Å². The van der Waals surface area contributed by atoms with Crippen LogP contribution in [0.3, 0.4) is 0 Å². The van der Waals surface area contributed by atoms with E-state index in [-0.39, 0.29) is 5.82 Å². The molecule has 3 N–H and O–H groups in total. The summed E-state index contributed by atoms with van der Waals surface area (Å²) in [4.78, 5) is 0. The third-order valence-corrected chi connectivity index (χ3v) is 0.969. The van der Waals surface area contributed by atoms with Gasteiger partial charge in [-0.15, -0.1) is 0 Å². The van der Waals surface area contributed by atoms with Crippen LogP contribution < -0.4 is 11.1 Å². The smallest absolute Gasteiger partial charge is 0.386 e. The number of hydrogen-bond acceptors (Lipinski definition) is 2. The number of nitrogens with one attached hydrogen (secondary N) is 1. The van der Waals surface area contributed by atoms with Gasteiger partial charge in [-0.1, -0.05) is 6.58 Å². The maximum absolute atomic E-state index is 11.6. The Balaban J connectivity index is 3.69. The van der Waals surface area contributed by atoms with Gasteiger partial charge in [0.2, 0.25) is 0 Å². The van der Waals surface area contributed by atoms with Gasteiger partial charge in [-0.3, -0.25) is 0 Å². The lowest BCUT2D eigenvalue weighted by Crippen LogP contribution is -2.32. The first-order chi connectivity index (χ1) is 4.81. The lowest BCUT2D eigenvalue weighted by atomic mass is 10.2. The Morgan fingerprint density at radius 2 is 2.09 bits per heavy atom. The van der Waals surface area contributed by atoms with Gasteiger partial charge in [0, 0.05) is 6.04 Å². The summed E-state index contributed by atoms with van der Waals surface area (Å²) < 4.78 is 34.9.